The Labute approximate surface area is 236 Å². The highest BCUT2D eigenvalue weighted by Gasteiger charge is 2.31. The molecule has 1 atom stereocenters. The zero-order chi connectivity index (χ0) is 29.7. The summed E-state index contributed by atoms with van der Waals surface area (Å²) in [6.45, 7) is 3.95. The number of anilines is 1. The lowest BCUT2D eigenvalue weighted by Crippen LogP contribution is -2.18. The van der Waals surface area contributed by atoms with Gasteiger partial charge >= 0.3 is 6.36 Å². The van der Waals surface area contributed by atoms with Crippen molar-refractivity contribution in [1.29, 1.82) is 0 Å². The molecule has 0 bridgehead atoms. The Morgan fingerprint density at radius 2 is 1.83 bits per heavy atom. The van der Waals surface area contributed by atoms with Crippen LogP contribution in [0.15, 0.2) is 48.7 Å². The molecular formula is C30H32F3N3O5. The van der Waals surface area contributed by atoms with Crippen LogP contribution >= 0.6 is 0 Å². The van der Waals surface area contributed by atoms with Crippen molar-refractivity contribution in [3.05, 3.63) is 71.0 Å². The molecule has 218 valence electrons. The summed E-state index contributed by atoms with van der Waals surface area (Å²) in [6, 6.07) is 9.87. The molecule has 1 fully saturated rings. The maximum absolute atomic E-state index is 13.7. The number of nitrogens with two attached hydrogens (primary N) is 1. The first-order valence-electron chi connectivity index (χ1n) is 13.3. The van der Waals surface area contributed by atoms with Crippen LogP contribution in [-0.4, -0.2) is 30.3 Å². The summed E-state index contributed by atoms with van der Waals surface area (Å²) in [7, 11) is 1.28. The average molecular weight is 572 g/mol. The van der Waals surface area contributed by atoms with E-state index in [4.69, 9.17) is 15.2 Å². The molecular weight excluding hydrogens is 539 g/mol. The lowest BCUT2D eigenvalue weighted by Gasteiger charge is -2.27. The third-order valence-corrected chi connectivity index (χ3v) is 7.32. The summed E-state index contributed by atoms with van der Waals surface area (Å²) >= 11 is 0. The van der Waals surface area contributed by atoms with Crippen molar-refractivity contribution >= 4 is 17.5 Å². The highest BCUT2D eigenvalue weighted by molar-refractivity contribution is 6.08. The number of halogens is 3. The molecule has 1 aromatic heterocycles. The molecule has 11 heteroatoms. The van der Waals surface area contributed by atoms with E-state index in [2.05, 4.69) is 22.0 Å². The number of hydrogen-bond donors (Lipinski definition) is 2. The van der Waals surface area contributed by atoms with Crippen molar-refractivity contribution < 1.29 is 37.0 Å². The van der Waals surface area contributed by atoms with Gasteiger partial charge in [-0.15, -0.1) is 13.2 Å². The van der Waals surface area contributed by atoms with E-state index in [1.807, 2.05) is 13.0 Å². The van der Waals surface area contributed by atoms with E-state index in [0.29, 0.717) is 11.3 Å². The predicted octanol–water partition coefficient (Wildman–Crippen LogP) is 7.12. The molecule has 0 aliphatic heterocycles. The molecule has 8 nitrogen and oxygen atoms in total. The molecule has 1 saturated carbocycles. The number of methoxy groups -OCH3 is 1. The molecule has 0 saturated heterocycles. The summed E-state index contributed by atoms with van der Waals surface area (Å²) in [5, 5.41) is 2.78. The number of pyridine rings is 1. The number of primary amides is 1. The van der Waals surface area contributed by atoms with Crippen molar-refractivity contribution in [3.8, 4) is 23.0 Å². The third kappa shape index (κ3) is 7.47. The van der Waals surface area contributed by atoms with E-state index in [-0.39, 0.29) is 34.4 Å². The van der Waals surface area contributed by atoms with Gasteiger partial charge in [0.1, 0.15) is 17.2 Å². The fourth-order valence-electron chi connectivity index (χ4n) is 4.91. The lowest BCUT2D eigenvalue weighted by molar-refractivity contribution is -0.274. The molecule has 2 aromatic carbocycles. The molecule has 41 heavy (non-hydrogen) atoms. The van der Waals surface area contributed by atoms with Crippen LogP contribution in [0.2, 0.25) is 0 Å². The standard InChI is InChI=1S/C30H32F3N3O5/c1-17(7-8-19-5-4-6-19)22-10-12-25(40-24-11-9-21(16-26(24)39-3)41-30(31,32)33)27(18(22)2)29(38)36-20-13-14-35-23(15-20)28(34)37/h9-17,19H,4-8H2,1-3H3,(H2,34,37)(H,35,36,38). The fourth-order valence-corrected chi connectivity index (χ4v) is 4.91. The number of nitrogens with one attached hydrogen (secondary N) is 1. The third-order valence-electron chi connectivity index (χ3n) is 7.32. The second-order valence-corrected chi connectivity index (χ2v) is 10.1. The van der Waals surface area contributed by atoms with Crippen molar-refractivity contribution in [1.82, 2.24) is 4.98 Å². The molecule has 0 radical (unpaired) electrons. The van der Waals surface area contributed by atoms with Crippen LogP contribution in [0.3, 0.4) is 0 Å². The maximum Gasteiger partial charge on any atom is 0.573 e. The van der Waals surface area contributed by atoms with Crippen molar-refractivity contribution in [2.24, 2.45) is 11.7 Å². The van der Waals surface area contributed by atoms with Gasteiger partial charge in [0.05, 0.1) is 12.7 Å². The van der Waals surface area contributed by atoms with E-state index < -0.39 is 23.9 Å². The number of aromatic nitrogens is 1. The zero-order valence-electron chi connectivity index (χ0n) is 23.0. The van der Waals surface area contributed by atoms with Gasteiger partial charge in [0.2, 0.25) is 0 Å². The largest absolute Gasteiger partial charge is 0.573 e. The average Bonchev–Trinajstić information content (AvgIpc) is 2.87. The van der Waals surface area contributed by atoms with E-state index in [9.17, 15) is 22.8 Å². The first-order chi connectivity index (χ1) is 19.4. The van der Waals surface area contributed by atoms with Crippen molar-refractivity contribution in [2.75, 3.05) is 12.4 Å². The Morgan fingerprint density at radius 1 is 1.10 bits per heavy atom. The van der Waals surface area contributed by atoms with Gasteiger partial charge in [0, 0.05) is 18.0 Å². The molecule has 3 N–H and O–H groups in total. The van der Waals surface area contributed by atoms with Crippen molar-refractivity contribution in [2.45, 2.75) is 58.2 Å². The minimum absolute atomic E-state index is 0.0136. The van der Waals surface area contributed by atoms with Crippen LogP contribution in [0.25, 0.3) is 0 Å². The molecule has 1 unspecified atom stereocenters. The number of alkyl halides is 3. The van der Waals surface area contributed by atoms with Gasteiger partial charge in [0.25, 0.3) is 11.8 Å². The van der Waals surface area contributed by atoms with Gasteiger partial charge in [-0.1, -0.05) is 32.3 Å². The SMILES string of the molecule is COc1cc(OC(F)(F)F)ccc1Oc1ccc(C(C)CCC2CCC2)c(C)c1C(=O)Nc1ccnc(C(N)=O)c1. The predicted molar refractivity (Wildman–Crippen MR) is 147 cm³/mol. The second kappa shape index (κ2) is 12.5. The Kier molecular flexibility index (Phi) is 9.05. The highest BCUT2D eigenvalue weighted by atomic mass is 19.4. The van der Waals surface area contributed by atoms with E-state index in [1.165, 1.54) is 50.8 Å². The number of nitrogens with zero attached hydrogens (tertiary/aromatic N) is 1. The molecule has 1 aliphatic rings. The van der Waals surface area contributed by atoms with Crippen LogP contribution in [0.1, 0.15) is 76.9 Å². The fraction of sp³-hybridized carbons (Fsp3) is 0.367. The molecule has 2 amide bonds. The Hall–Kier alpha value is -4.28. The summed E-state index contributed by atoms with van der Waals surface area (Å²) in [4.78, 5) is 29.2. The highest BCUT2D eigenvalue weighted by Crippen LogP contribution is 2.40. The van der Waals surface area contributed by atoms with Crippen LogP contribution in [0.5, 0.6) is 23.0 Å². The summed E-state index contributed by atoms with van der Waals surface area (Å²) in [5.41, 5.74) is 7.53. The van der Waals surface area contributed by atoms with E-state index >= 15 is 0 Å². The number of hydrogen-bond acceptors (Lipinski definition) is 6. The Morgan fingerprint density at radius 3 is 2.46 bits per heavy atom. The lowest BCUT2D eigenvalue weighted by atomic mass is 9.79. The molecule has 1 aliphatic carbocycles. The smallest absolute Gasteiger partial charge is 0.493 e. The summed E-state index contributed by atoms with van der Waals surface area (Å²) in [6.07, 6.45) is 2.33. The van der Waals surface area contributed by atoms with Crippen LogP contribution < -0.4 is 25.3 Å². The van der Waals surface area contributed by atoms with E-state index in [0.717, 1.165) is 36.5 Å². The van der Waals surface area contributed by atoms with Gasteiger partial charge in [0.15, 0.2) is 11.5 Å². The first kappa shape index (κ1) is 29.7. The molecule has 4 rings (SSSR count). The second-order valence-electron chi connectivity index (χ2n) is 10.1. The van der Waals surface area contributed by atoms with Gasteiger partial charge in [-0.25, -0.2) is 0 Å². The molecule has 3 aromatic rings. The monoisotopic (exact) mass is 571 g/mol. The number of carbonyl (C=O) groups is 2. The molecule has 0 spiro atoms. The maximum atomic E-state index is 13.7. The van der Waals surface area contributed by atoms with Gasteiger partial charge in [-0.05, 0) is 73.1 Å². The minimum Gasteiger partial charge on any atom is -0.493 e. The summed E-state index contributed by atoms with van der Waals surface area (Å²) < 4.78 is 53.4. The summed E-state index contributed by atoms with van der Waals surface area (Å²) in [5.74, 6) is -0.582. The minimum atomic E-state index is -4.87. The topological polar surface area (TPSA) is 113 Å². The number of benzene rings is 2. The van der Waals surface area contributed by atoms with Gasteiger partial charge < -0.3 is 25.3 Å². The molecule has 1 heterocycles. The number of carbonyl (C=O) groups excluding carboxylic acids is 2. The normalized spacial score (nSPS) is 14.1. The Bertz CT molecular complexity index is 1420. The first-order valence-corrected chi connectivity index (χ1v) is 13.3. The van der Waals surface area contributed by atoms with Crippen LogP contribution in [-0.2, 0) is 0 Å². The van der Waals surface area contributed by atoms with Crippen LogP contribution in [0.4, 0.5) is 18.9 Å². The number of rotatable bonds is 11. The van der Waals surface area contributed by atoms with Gasteiger partial charge in [-0.2, -0.15) is 0 Å². The van der Waals surface area contributed by atoms with Gasteiger partial charge in [-0.3, -0.25) is 14.6 Å². The number of ether oxygens (including phenoxy) is 3. The number of amides is 2. The zero-order valence-corrected chi connectivity index (χ0v) is 23.0. The quantitative estimate of drug-likeness (QED) is 0.253. The van der Waals surface area contributed by atoms with Crippen LogP contribution in [0, 0.1) is 12.8 Å². The Balaban J connectivity index is 1.69. The van der Waals surface area contributed by atoms with Crippen molar-refractivity contribution in [3.63, 3.8) is 0 Å². The van der Waals surface area contributed by atoms with E-state index in [1.54, 1.807) is 6.07 Å².